The van der Waals surface area contributed by atoms with Crippen LogP contribution in [-0.4, -0.2) is 22.7 Å². The molecule has 0 saturated heterocycles. The lowest BCUT2D eigenvalue weighted by Crippen LogP contribution is -2.26. The van der Waals surface area contributed by atoms with Gasteiger partial charge in [-0.25, -0.2) is 9.37 Å². The van der Waals surface area contributed by atoms with Crippen LogP contribution in [-0.2, 0) is 0 Å². The fraction of sp³-hybridized carbons (Fsp3) is 0.500. The zero-order chi connectivity index (χ0) is 17.0. The zero-order valence-corrected chi connectivity index (χ0v) is 15.0. The molecule has 3 nitrogen and oxygen atoms in total. The van der Waals surface area contributed by atoms with E-state index in [1.165, 1.54) is 17.0 Å². The number of aliphatic hydroxyl groups is 1. The molecule has 0 aliphatic carbocycles. The summed E-state index contributed by atoms with van der Waals surface area (Å²) in [5, 5.41) is 13.9. The highest BCUT2D eigenvalue weighted by atomic mass is 32.1. The van der Waals surface area contributed by atoms with E-state index in [0.29, 0.717) is 5.92 Å². The summed E-state index contributed by atoms with van der Waals surface area (Å²) in [5.41, 5.74) is 1.96. The second-order valence-corrected chi connectivity index (χ2v) is 7.33. The van der Waals surface area contributed by atoms with Gasteiger partial charge in [0.25, 0.3) is 0 Å². The predicted molar refractivity (Wildman–Crippen MR) is 94.1 cm³/mol. The van der Waals surface area contributed by atoms with Gasteiger partial charge in [0.2, 0.25) is 0 Å². The van der Waals surface area contributed by atoms with Crippen molar-refractivity contribution in [3.63, 3.8) is 0 Å². The van der Waals surface area contributed by atoms with Crippen LogP contribution >= 0.6 is 11.3 Å². The minimum absolute atomic E-state index is 0.207. The van der Waals surface area contributed by atoms with Crippen molar-refractivity contribution in [3.05, 3.63) is 40.7 Å². The molecule has 0 aliphatic rings. The first kappa shape index (κ1) is 18.0. The highest BCUT2D eigenvalue weighted by molar-refractivity contribution is 7.15. The first-order valence-corrected chi connectivity index (χ1v) is 8.83. The van der Waals surface area contributed by atoms with E-state index in [4.69, 9.17) is 0 Å². The summed E-state index contributed by atoms with van der Waals surface area (Å²) in [4.78, 5) is 5.83. The Hall–Kier alpha value is -1.30. The van der Waals surface area contributed by atoms with Gasteiger partial charge < -0.3 is 10.4 Å². The number of aliphatic hydroxyl groups excluding tert-OH is 1. The smallest absolute Gasteiger partial charge is 0.123 e. The van der Waals surface area contributed by atoms with Gasteiger partial charge in [-0.1, -0.05) is 6.92 Å². The van der Waals surface area contributed by atoms with Gasteiger partial charge in [0, 0.05) is 16.5 Å². The molecule has 0 saturated carbocycles. The molecular weight excluding hydrogens is 311 g/mol. The Kier molecular flexibility index (Phi) is 6.27. The molecule has 5 heteroatoms. The van der Waals surface area contributed by atoms with Crippen molar-refractivity contribution in [2.45, 2.75) is 46.3 Å². The Morgan fingerprint density at radius 2 is 1.87 bits per heavy atom. The van der Waals surface area contributed by atoms with Crippen molar-refractivity contribution >= 4 is 11.3 Å². The molecule has 126 valence electrons. The molecule has 1 aromatic carbocycles. The largest absolute Gasteiger partial charge is 0.393 e. The van der Waals surface area contributed by atoms with E-state index >= 15 is 0 Å². The molecule has 2 rings (SSSR count). The average Bonchev–Trinajstić information content (AvgIpc) is 2.87. The molecule has 0 aliphatic heterocycles. The number of aryl methyl sites for hydroxylation is 1. The second-order valence-electron chi connectivity index (χ2n) is 6.30. The lowest BCUT2D eigenvalue weighted by molar-refractivity contribution is 0.162. The molecule has 0 radical (unpaired) electrons. The third kappa shape index (κ3) is 5.09. The van der Waals surface area contributed by atoms with Crippen molar-refractivity contribution in [3.8, 4) is 10.6 Å². The summed E-state index contributed by atoms with van der Waals surface area (Å²) >= 11 is 1.65. The number of aromatic nitrogens is 1. The van der Waals surface area contributed by atoms with Gasteiger partial charge in [0.05, 0.1) is 11.8 Å². The SMILES string of the molecule is Cc1nc(-c2ccc(F)cc2)sc1C(C)NCC(C)CC(C)O. The predicted octanol–water partition coefficient (Wildman–Crippen LogP) is 4.32. The minimum Gasteiger partial charge on any atom is -0.393 e. The maximum absolute atomic E-state index is 13.0. The summed E-state index contributed by atoms with van der Waals surface area (Å²) < 4.78 is 13.0. The molecule has 0 spiro atoms. The van der Waals surface area contributed by atoms with Crippen LogP contribution in [0.15, 0.2) is 24.3 Å². The lowest BCUT2D eigenvalue weighted by atomic mass is 10.0. The minimum atomic E-state index is -0.266. The maximum atomic E-state index is 13.0. The number of nitrogens with zero attached hydrogens (tertiary/aromatic N) is 1. The average molecular weight is 336 g/mol. The fourth-order valence-corrected chi connectivity index (χ4v) is 3.76. The van der Waals surface area contributed by atoms with E-state index in [1.807, 2.05) is 13.8 Å². The van der Waals surface area contributed by atoms with Crippen LogP contribution < -0.4 is 5.32 Å². The Labute approximate surface area is 141 Å². The van der Waals surface area contributed by atoms with Crippen molar-refractivity contribution in [2.24, 2.45) is 5.92 Å². The standard InChI is InChI=1S/C18H25FN2OS/c1-11(9-12(2)22)10-20-13(3)17-14(4)21-18(23-17)15-5-7-16(19)8-6-15/h5-8,11-13,20,22H,9-10H2,1-4H3. The van der Waals surface area contributed by atoms with Gasteiger partial charge in [-0.05, 0) is 63.9 Å². The zero-order valence-electron chi connectivity index (χ0n) is 14.1. The third-order valence-corrected chi connectivity index (χ3v) is 5.22. The van der Waals surface area contributed by atoms with E-state index in [-0.39, 0.29) is 18.0 Å². The summed E-state index contributed by atoms with van der Waals surface area (Å²) in [6.07, 6.45) is 0.528. The van der Waals surface area contributed by atoms with E-state index in [0.717, 1.165) is 29.2 Å². The first-order valence-electron chi connectivity index (χ1n) is 8.01. The molecule has 0 amide bonds. The highest BCUT2D eigenvalue weighted by Gasteiger charge is 2.16. The van der Waals surface area contributed by atoms with Crippen molar-refractivity contribution in [1.82, 2.24) is 10.3 Å². The van der Waals surface area contributed by atoms with Crippen molar-refractivity contribution < 1.29 is 9.50 Å². The second kappa shape index (κ2) is 7.99. The van der Waals surface area contributed by atoms with Gasteiger partial charge in [0.15, 0.2) is 0 Å². The summed E-state index contributed by atoms with van der Waals surface area (Å²) in [5.74, 6) is 0.187. The van der Waals surface area contributed by atoms with Crippen LogP contribution in [0, 0.1) is 18.7 Å². The van der Waals surface area contributed by atoms with Gasteiger partial charge in [-0.3, -0.25) is 0 Å². The van der Waals surface area contributed by atoms with E-state index in [9.17, 15) is 9.50 Å². The van der Waals surface area contributed by atoms with Crippen LogP contribution in [0.4, 0.5) is 4.39 Å². The number of rotatable bonds is 7. The lowest BCUT2D eigenvalue weighted by Gasteiger charge is -2.18. The number of nitrogens with one attached hydrogen (secondary N) is 1. The molecule has 3 unspecified atom stereocenters. The molecule has 2 N–H and O–H groups in total. The van der Waals surface area contributed by atoms with Gasteiger partial charge in [-0.15, -0.1) is 11.3 Å². The normalized spacial score (nSPS) is 15.4. The number of hydrogen-bond donors (Lipinski definition) is 2. The molecule has 3 atom stereocenters. The first-order chi connectivity index (χ1) is 10.9. The van der Waals surface area contributed by atoms with Crippen LogP contribution in [0.5, 0.6) is 0 Å². The van der Waals surface area contributed by atoms with Crippen LogP contribution in [0.25, 0.3) is 10.6 Å². The van der Waals surface area contributed by atoms with Crippen molar-refractivity contribution in [1.29, 1.82) is 0 Å². The topological polar surface area (TPSA) is 45.2 Å². The molecular formula is C18H25FN2OS. The Morgan fingerprint density at radius 1 is 1.22 bits per heavy atom. The third-order valence-electron chi connectivity index (χ3n) is 3.83. The number of hydrogen-bond acceptors (Lipinski definition) is 4. The van der Waals surface area contributed by atoms with E-state index in [2.05, 4.69) is 24.1 Å². The molecule has 2 aromatic rings. The van der Waals surface area contributed by atoms with Gasteiger partial charge in [-0.2, -0.15) is 0 Å². The number of benzene rings is 1. The van der Waals surface area contributed by atoms with Gasteiger partial charge in [0.1, 0.15) is 10.8 Å². The molecule has 1 aromatic heterocycles. The van der Waals surface area contributed by atoms with E-state index < -0.39 is 0 Å². The summed E-state index contributed by atoms with van der Waals surface area (Å²) in [6, 6.07) is 6.66. The summed E-state index contributed by atoms with van der Waals surface area (Å²) in [7, 11) is 0. The Morgan fingerprint density at radius 3 is 2.48 bits per heavy atom. The Balaban J connectivity index is 2.04. The highest BCUT2D eigenvalue weighted by Crippen LogP contribution is 2.31. The molecule has 0 fully saturated rings. The Bertz CT molecular complexity index is 624. The maximum Gasteiger partial charge on any atom is 0.123 e. The quantitative estimate of drug-likeness (QED) is 0.792. The van der Waals surface area contributed by atoms with Crippen LogP contribution in [0.3, 0.4) is 0 Å². The monoisotopic (exact) mass is 336 g/mol. The van der Waals surface area contributed by atoms with E-state index in [1.54, 1.807) is 23.5 Å². The molecule has 1 heterocycles. The van der Waals surface area contributed by atoms with Crippen LogP contribution in [0.1, 0.15) is 43.8 Å². The van der Waals surface area contributed by atoms with Crippen LogP contribution in [0.2, 0.25) is 0 Å². The molecule has 0 bridgehead atoms. The van der Waals surface area contributed by atoms with Crippen molar-refractivity contribution in [2.75, 3.05) is 6.54 Å². The van der Waals surface area contributed by atoms with Gasteiger partial charge >= 0.3 is 0 Å². The number of halogens is 1. The molecule has 23 heavy (non-hydrogen) atoms. The number of thiazole rings is 1. The fourth-order valence-electron chi connectivity index (χ4n) is 2.66. The summed E-state index contributed by atoms with van der Waals surface area (Å²) in [6.45, 7) is 8.95.